The summed E-state index contributed by atoms with van der Waals surface area (Å²) in [6, 6.07) is 0. The average molecular weight is 197 g/mol. The second-order valence-electron chi connectivity index (χ2n) is 3.45. The minimum atomic E-state index is 0.147. The fourth-order valence-electron chi connectivity index (χ4n) is 2.05. The van der Waals surface area contributed by atoms with E-state index in [0.717, 1.165) is 13.0 Å². The van der Waals surface area contributed by atoms with Crippen molar-refractivity contribution in [2.75, 3.05) is 13.2 Å². The van der Waals surface area contributed by atoms with Crippen molar-refractivity contribution in [2.24, 2.45) is 5.73 Å². The van der Waals surface area contributed by atoms with Crippen LogP contribution in [-0.2, 0) is 11.2 Å². The molecule has 1 aliphatic rings. The lowest BCUT2D eigenvalue weighted by Gasteiger charge is -2.23. The summed E-state index contributed by atoms with van der Waals surface area (Å²) in [4.78, 5) is 2.82. The van der Waals surface area contributed by atoms with Gasteiger partial charge in [-0.2, -0.15) is 0 Å². The van der Waals surface area contributed by atoms with E-state index in [4.69, 9.17) is 10.5 Å². The first-order chi connectivity index (χ1) is 6.24. The highest BCUT2D eigenvalue weighted by Gasteiger charge is 2.24. The van der Waals surface area contributed by atoms with Crippen LogP contribution in [0.25, 0.3) is 0 Å². The predicted molar refractivity (Wildman–Crippen MR) is 55.2 cm³/mol. The molecule has 72 valence electrons. The molecule has 0 bridgehead atoms. The topological polar surface area (TPSA) is 35.2 Å². The highest BCUT2D eigenvalue weighted by Crippen LogP contribution is 2.36. The second kappa shape index (κ2) is 3.40. The molecule has 2 nitrogen and oxygen atoms in total. The molecule has 0 radical (unpaired) electrons. The molecule has 1 atom stereocenters. The van der Waals surface area contributed by atoms with Gasteiger partial charge in [0.1, 0.15) is 0 Å². The average Bonchev–Trinajstić information content (AvgIpc) is 2.43. The largest absolute Gasteiger partial charge is 0.372 e. The summed E-state index contributed by atoms with van der Waals surface area (Å²) >= 11 is 1.87. The maximum Gasteiger partial charge on any atom is 0.0960 e. The third-order valence-corrected chi connectivity index (χ3v) is 3.72. The van der Waals surface area contributed by atoms with Gasteiger partial charge in [0.25, 0.3) is 0 Å². The van der Waals surface area contributed by atoms with Crippen LogP contribution in [0.5, 0.6) is 0 Å². The standard InChI is InChI=1S/C10H15NOS/c1-6-8-3-4-12-9(5-11)10(8)7(2)13-6/h9H,3-5,11H2,1-2H3. The number of hydrogen-bond donors (Lipinski definition) is 1. The van der Waals surface area contributed by atoms with E-state index in [9.17, 15) is 0 Å². The Balaban J connectivity index is 2.48. The fourth-order valence-corrected chi connectivity index (χ4v) is 3.21. The summed E-state index contributed by atoms with van der Waals surface area (Å²) in [7, 11) is 0. The van der Waals surface area contributed by atoms with Crippen LogP contribution in [0.3, 0.4) is 0 Å². The predicted octanol–water partition coefficient (Wildman–Crippen LogP) is 1.94. The minimum Gasteiger partial charge on any atom is -0.372 e. The second-order valence-corrected chi connectivity index (χ2v) is 4.88. The van der Waals surface area contributed by atoms with E-state index >= 15 is 0 Å². The third kappa shape index (κ3) is 1.41. The first-order valence-corrected chi connectivity index (χ1v) is 5.46. The Morgan fingerprint density at radius 2 is 2.23 bits per heavy atom. The summed E-state index contributed by atoms with van der Waals surface area (Å²) in [5, 5.41) is 0. The quantitative estimate of drug-likeness (QED) is 0.746. The SMILES string of the molecule is Cc1sc(C)c2c1CCOC2CN. The van der Waals surface area contributed by atoms with Gasteiger partial charge < -0.3 is 10.5 Å². The normalized spacial score (nSPS) is 21.6. The lowest BCUT2D eigenvalue weighted by molar-refractivity contribution is 0.0485. The van der Waals surface area contributed by atoms with E-state index < -0.39 is 0 Å². The smallest absolute Gasteiger partial charge is 0.0960 e. The molecule has 2 N–H and O–H groups in total. The Morgan fingerprint density at radius 1 is 1.46 bits per heavy atom. The van der Waals surface area contributed by atoms with Gasteiger partial charge in [0, 0.05) is 16.3 Å². The summed E-state index contributed by atoms with van der Waals surface area (Å²) in [5.41, 5.74) is 8.54. The molecule has 2 heterocycles. The molecule has 0 aromatic carbocycles. The van der Waals surface area contributed by atoms with Crippen molar-refractivity contribution >= 4 is 11.3 Å². The maximum atomic E-state index is 5.68. The van der Waals surface area contributed by atoms with Crippen molar-refractivity contribution in [3.05, 3.63) is 20.9 Å². The first-order valence-electron chi connectivity index (χ1n) is 4.64. The van der Waals surface area contributed by atoms with E-state index in [1.54, 1.807) is 0 Å². The van der Waals surface area contributed by atoms with Crippen molar-refractivity contribution in [1.82, 2.24) is 0 Å². The van der Waals surface area contributed by atoms with Crippen molar-refractivity contribution in [1.29, 1.82) is 0 Å². The molecule has 0 spiro atoms. The van der Waals surface area contributed by atoms with Gasteiger partial charge in [0.05, 0.1) is 12.7 Å². The van der Waals surface area contributed by atoms with E-state index in [0.29, 0.717) is 6.54 Å². The number of nitrogens with two attached hydrogens (primary N) is 1. The van der Waals surface area contributed by atoms with Crippen molar-refractivity contribution in [3.63, 3.8) is 0 Å². The highest BCUT2D eigenvalue weighted by molar-refractivity contribution is 7.12. The Bertz CT molecular complexity index is 319. The Kier molecular flexibility index (Phi) is 2.41. The van der Waals surface area contributed by atoms with Gasteiger partial charge in [-0.1, -0.05) is 0 Å². The zero-order valence-electron chi connectivity index (χ0n) is 8.09. The van der Waals surface area contributed by atoms with Crippen LogP contribution >= 0.6 is 11.3 Å². The molecule has 0 aliphatic carbocycles. The molecule has 1 aromatic rings. The molecule has 3 heteroatoms. The molecule has 2 rings (SSSR count). The molecule has 0 saturated heterocycles. The monoisotopic (exact) mass is 197 g/mol. The van der Waals surface area contributed by atoms with Gasteiger partial charge in [-0.15, -0.1) is 11.3 Å². The van der Waals surface area contributed by atoms with Gasteiger partial charge in [-0.05, 0) is 31.4 Å². The van der Waals surface area contributed by atoms with Crippen LogP contribution in [0.15, 0.2) is 0 Å². The van der Waals surface area contributed by atoms with Crippen molar-refractivity contribution in [3.8, 4) is 0 Å². The lowest BCUT2D eigenvalue weighted by atomic mass is 9.98. The lowest BCUT2D eigenvalue weighted by Crippen LogP contribution is -2.22. The maximum absolute atomic E-state index is 5.68. The number of thiophene rings is 1. The molecule has 0 amide bonds. The van der Waals surface area contributed by atoms with E-state index in [-0.39, 0.29) is 6.10 Å². The van der Waals surface area contributed by atoms with Crippen LogP contribution in [-0.4, -0.2) is 13.2 Å². The van der Waals surface area contributed by atoms with Crippen LogP contribution < -0.4 is 5.73 Å². The Morgan fingerprint density at radius 3 is 2.92 bits per heavy atom. The molecular weight excluding hydrogens is 182 g/mol. The van der Waals surface area contributed by atoms with Gasteiger partial charge in [0.15, 0.2) is 0 Å². The summed E-state index contributed by atoms with van der Waals surface area (Å²) in [6.07, 6.45) is 1.20. The first kappa shape index (κ1) is 9.19. The number of ether oxygens (including phenoxy) is 1. The van der Waals surface area contributed by atoms with E-state index in [1.807, 2.05) is 11.3 Å². The number of fused-ring (bicyclic) bond motifs is 1. The van der Waals surface area contributed by atoms with Crippen LogP contribution in [0.4, 0.5) is 0 Å². The van der Waals surface area contributed by atoms with E-state index in [2.05, 4.69) is 13.8 Å². The Hall–Kier alpha value is -0.380. The molecule has 0 fully saturated rings. The highest BCUT2D eigenvalue weighted by atomic mass is 32.1. The molecule has 1 aromatic heterocycles. The summed E-state index contributed by atoms with van der Waals surface area (Å²) < 4.78 is 5.63. The zero-order chi connectivity index (χ0) is 9.42. The number of hydrogen-bond acceptors (Lipinski definition) is 3. The van der Waals surface area contributed by atoms with E-state index in [1.165, 1.54) is 20.9 Å². The fraction of sp³-hybridized carbons (Fsp3) is 0.600. The number of aryl methyl sites for hydroxylation is 2. The van der Waals surface area contributed by atoms with Gasteiger partial charge in [-0.25, -0.2) is 0 Å². The summed E-state index contributed by atoms with van der Waals surface area (Å²) in [5.74, 6) is 0. The molecular formula is C10H15NOS. The third-order valence-electron chi connectivity index (χ3n) is 2.64. The van der Waals surface area contributed by atoms with Gasteiger partial charge in [-0.3, -0.25) is 0 Å². The van der Waals surface area contributed by atoms with Crippen LogP contribution in [0.2, 0.25) is 0 Å². The van der Waals surface area contributed by atoms with Crippen LogP contribution in [0.1, 0.15) is 27.0 Å². The van der Waals surface area contributed by atoms with Gasteiger partial charge in [0.2, 0.25) is 0 Å². The molecule has 1 unspecified atom stereocenters. The molecule has 1 aliphatic heterocycles. The molecule has 0 saturated carbocycles. The minimum absolute atomic E-state index is 0.147. The number of rotatable bonds is 1. The van der Waals surface area contributed by atoms with Crippen molar-refractivity contribution in [2.45, 2.75) is 26.4 Å². The van der Waals surface area contributed by atoms with Crippen LogP contribution in [0, 0.1) is 13.8 Å². The van der Waals surface area contributed by atoms with Gasteiger partial charge >= 0.3 is 0 Å². The molecule has 13 heavy (non-hydrogen) atoms. The van der Waals surface area contributed by atoms with Crippen molar-refractivity contribution < 1.29 is 4.74 Å². The summed E-state index contributed by atoms with van der Waals surface area (Å²) in [6.45, 7) is 5.78. The zero-order valence-corrected chi connectivity index (χ0v) is 8.91. The Labute approximate surface area is 82.7 Å².